The smallest absolute Gasteiger partial charge is 0.303 e. The lowest BCUT2D eigenvalue weighted by atomic mass is 10.00. The Hall–Kier alpha value is -1.82. The molecule has 3 heteroatoms. The summed E-state index contributed by atoms with van der Waals surface area (Å²) >= 11 is 0. The minimum Gasteiger partial charge on any atom is -0.458 e. The summed E-state index contributed by atoms with van der Waals surface area (Å²) in [6.45, 7) is 3.33. The molecule has 0 spiro atoms. The van der Waals surface area contributed by atoms with Crippen LogP contribution in [-0.2, 0) is 9.53 Å². The number of rotatable bonds is 6. The van der Waals surface area contributed by atoms with E-state index in [-0.39, 0.29) is 18.0 Å². The Morgan fingerprint density at radius 1 is 1.33 bits per heavy atom. The highest BCUT2D eigenvalue weighted by Crippen LogP contribution is 2.24. The maximum absolute atomic E-state index is 11.1. The molecule has 1 rings (SSSR count). The zero-order valence-electron chi connectivity index (χ0n) is 10.9. The molecule has 0 N–H and O–H groups in total. The topological polar surface area (TPSA) is 50.1 Å². The van der Waals surface area contributed by atoms with Gasteiger partial charge in [-0.2, -0.15) is 5.26 Å². The average molecular weight is 245 g/mol. The van der Waals surface area contributed by atoms with Crippen molar-refractivity contribution in [2.24, 2.45) is 5.92 Å². The van der Waals surface area contributed by atoms with Crippen LogP contribution in [-0.4, -0.2) is 5.97 Å². The van der Waals surface area contributed by atoms with E-state index in [9.17, 15) is 4.79 Å². The molecule has 3 nitrogen and oxygen atoms in total. The second-order valence-electron chi connectivity index (χ2n) is 4.47. The van der Waals surface area contributed by atoms with Gasteiger partial charge in [-0.1, -0.05) is 30.3 Å². The molecule has 0 heterocycles. The van der Waals surface area contributed by atoms with Crippen molar-refractivity contribution in [3.63, 3.8) is 0 Å². The first-order valence-electron chi connectivity index (χ1n) is 6.25. The normalized spacial score (nSPS) is 13.4. The fourth-order valence-electron chi connectivity index (χ4n) is 1.84. The van der Waals surface area contributed by atoms with Crippen molar-refractivity contribution in [2.75, 3.05) is 0 Å². The number of hydrogen-bond acceptors (Lipinski definition) is 3. The van der Waals surface area contributed by atoms with Crippen LogP contribution in [0.3, 0.4) is 0 Å². The predicted molar refractivity (Wildman–Crippen MR) is 69.6 cm³/mol. The molecule has 0 bridgehead atoms. The molecule has 1 aromatic carbocycles. The summed E-state index contributed by atoms with van der Waals surface area (Å²) in [5, 5.41) is 8.73. The quantitative estimate of drug-likeness (QED) is 0.719. The van der Waals surface area contributed by atoms with Gasteiger partial charge in [0.05, 0.1) is 6.07 Å². The van der Waals surface area contributed by atoms with Crippen molar-refractivity contribution in [3.8, 4) is 6.07 Å². The van der Waals surface area contributed by atoms with Crippen LogP contribution >= 0.6 is 0 Å². The molecule has 96 valence electrons. The standard InChI is InChI=1S/C15H19NO2/c1-12(11-16)7-6-10-15(18-13(2)17)14-8-4-3-5-9-14/h3-5,8-9,12,15H,6-7,10H2,1-2H3. The van der Waals surface area contributed by atoms with Gasteiger partial charge in [-0.15, -0.1) is 0 Å². The van der Waals surface area contributed by atoms with Crippen LogP contribution in [0.25, 0.3) is 0 Å². The first-order chi connectivity index (χ1) is 8.63. The Kier molecular flexibility index (Phi) is 5.93. The van der Waals surface area contributed by atoms with Gasteiger partial charge in [0, 0.05) is 12.8 Å². The molecule has 0 aliphatic rings. The molecule has 18 heavy (non-hydrogen) atoms. The molecule has 1 aromatic rings. The lowest BCUT2D eigenvalue weighted by Gasteiger charge is -2.17. The van der Waals surface area contributed by atoms with E-state index in [1.54, 1.807) is 0 Å². The Balaban J connectivity index is 2.57. The van der Waals surface area contributed by atoms with Crippen molar-refractivity contribution < 1.29 is 9.53 Å². The summed E-state index contributed by atoms with van der Waals surface area (Å²) in [6.07, 6.45) is 2.27. The fraction of sp³-hybridized carbons (Fsp3) is 0.467. The van der Waals surface area contributed by atoms with Crippen molar-refractivity contribution in [1.29, 1.82) is 5.26 Å². The molecular weight excluding hydrogens is 226 g/mol. The van der Waals surface area contributed by atoms with Gasteiger partial charge in [0.2, 0.25) is 0 Å². The number of hydrogen-bond donors (Lipinski definition) is 0. The van der Waals surface area contributed by atoms with E-state index in [0.29, 0.717) is 0 Å². The van der Waals surface area contributed by atoms with Crippen LogP contribution in [0.15, 0.2) is 30.3 Å². The first-order valence-corrected chi connectivity index (χ1v) is 6.25. The van der Waals surface area contributed by atoms with Crippen LogP contribution in [0.5, 0.6) is 0 Å². The van der Waals surface area contributed by atoms with Crippen molar-refractivity contribution >= 4 is 5.97 Å². The number of carbonyl (C=O) groups excluding carboxylic acids is 1. The Bertz CT molecular complexity index is 408. The molecule has 0 saturated heterocycles. The van der Waals surface area contributed by atoms with Crippen molar-refractivity contribution in [3.05, 3.63) is 35.9 Å². The summed E-state index contributed by atoms with van der Waals surface area (Å²) in [4.78, 5) is 11.1. The third kappa shape index (κ3) is 5.01. The zero-order valence-corrected chi connectivity index (χ0v) is 10.9. The van der Waals surface area contributed by atoms with E-state index in [0.717, 1.165) is 24.8 Å². The minimum absolute atomic E-state index is 0.0544. The van der Waals surface area contributed by atoms with Gasteiger partial charge in [0.25, 0.3) is 0 Å². The Morgan fingerprint density at radius 2 is 2.00 bits per heavy atom. The molecule has 2 atom stereocenters. The van der Waals surface area contributed by atoms with Gasteiger partial charge in [0.1, 0.15) is 6.10 Å². The summed E-state index contributed by atoms with van der Waals surface area (Å²) < 4.78 is 5.33. The van der Waals surface area contributed by atoms with Crippen LogP contribution in [0, 0.1) is 17.2 Å². The van der Waals surface area contributed by atoms with E-state index < -0.39 is 0 Å². The van der Waals surface area contributed by atoms with Gasteiger partial charge in [-0.05, 0) is 31.7 Å². The predicted octanol–water partition coefficient (Wildman–Crippen LogP) is 3.62. The Labute approximate surface area is 108 Å². The van der Waals surface area contributed by atoms with Crippen LogP contribution < -0.4 is 0 Å². The van der Waals surface area contributed by atoms with E-state index in [2.05, 4.69) is 6.07 Å². The molecule has 0 amide bonds. The number of nitrogens with zero attached hydrogens (tertiary/aromatic N) is 1. The highest BCUT2D eigenvalue weighted by atomic mass is 16.5. The van der Waals surface area contributed by atoms with Gasteiger partial charge in [-0.25, -0.2) is 0 Å². The third-order valence-corrected chi connectivity index (χ3v) is 2.80. The van der Waals surface area contributed by atoms with Gasteiger partial charge >= 0.3 is 5.97 Å². The van der Waals surface area contributed by atoms with E-state index in [4.69, 9.17) is 10.00 Å². The van der Waals surface area contributed by atoms with Gasteiger partial charge in [0.15, 0.2) is 0 Å². The monoisotopic (exact) mass is 245 g/mol. The average Bonchev–Trinajstić information content (AvgIpc) is 2.38. The summed E-state index contributed by atoms with van der Waals surface area (Å²) in [5.41, 5.74) is 1.01. The number of benzene rings is 1. The molecule has 0 aliphatic heterocycles. The minimum atomic E-state index is -0.266. The van der Waals surface area contributed by atoms with Gasteiger partial charge < -0.3 is 4.74 Å². The van der Waals surface area contributed by atoms with Crippen LogP contribution in [0.2, 0.25) is 0 Å². The largest absolute Gasteiger partial charge is 0.458 e. The molecule has 0 saturated carbocycles. The maximum atomic E-state index is 11.1. The second kappa shape index (κ2) is 7.50. The van der Waals surface area contributed by atoms with Gasteiger partial charge in [-0.3, -0.25) is 4.79 Å². The SMILES string of the molecule is CC(=O)OC(CCCC(C)C#N)c1ccccc1. The lowest BCUT2D eigenvalue weighted by Crippen LogP contribution is -2.09. The zero-order chi connectivity index (χ0) is 13.4. The summed E-state index contributed by atoms with van der Waals surface area (Å²) in [6, 6.07) is 11.9. The Morgan fingerprint density at radius 3 is 2.56 bits per heavy atom. The number of ether oxygens (including phenoxy) is 1. The van der Waals surface area contributed by atoms with Crippen molar-refractivity contribution in [2.45, 2.75) is 39.2 Å². The van der Waals surface area contributed by atoms with E-state index in [1.165, 1.54) is 6.92 Å². The lowest BCUT2D eigenvalue weighted by molar-refractivity contribution is -0.147. The summed E-state index contributed by atoms with van der Waals surface area (Å²) in [5.74, 6) is -0.212. The summed E-state index contributed by atoms with van der Waals surface area (Å²) in [7, 11) is 0. The number of nitriles is 1. The molecule has 0 fully saturated rings. The number of carbonyl (C=O) groups is 1. The number of esters is 1. The fourth-order valence-corrected chi connectivity index (χ4v) is 1.84. The molecule has 0 aliphatic carbocycles. The highest BCUT2D eigenvalue weighted by molar-refractivity contribution is 5.66. The van der Waals surface area contributed by atoms with Crippen LogP contribution in [0.4, 0.5) is 0 Å². The molecular formula is C15H19NO2. The second-order valence-corrected chi connectivity index (χ2v) is 4.47. The first kappa shape index (κ1) is 14.2. The molecule has 0 aromatic heterocycles. The van der Waals surface area contributed by atoms with Crippen LogP contribution in [0.1, 0.15) is 44.8 Å². The molecule has 0 radical (unpaired) electrons. The highest BCUT2D eigenvalue weighted by Gasteiger charge is 2.14. The third-order valence-electron chi connectivity index (χ3n) is 2.80. The van der Waals surface area contributed by atoms with E-state index >= 15 is 0 Å². The molecule has 2 unspecified atom stereocenters. The van der Waals surface area contributed by atoms with Crippen molar-refractivity contribution in [1.82, 2.24) is 0 Å². The maximum Gasteiger partial charge on any atom is 0.303 e. The van der Waals surface area contributed by atoms with E-state index in [1.807, 2.05) is 37.3 Å².